The van der Waals surface area contributed by atoms with E-state index in [-0.39, 0.29) is 12.4 Å². The summed E-state index contributed by atoms with van der Waals surface area (Å²) in [5.41, 5.74) is 2.12. The maximum absolute atomic E-state index is 12.4. The highest BCUT2D eigenvalue weighted by molar-refractivity contribution is 6.11. The molecule has 0 aromatic heterocycles. The number of ketones is 1. The first kappa shape index (κ1) is 15.8. The Bertz CT molecular complexity index is 655. The molecule has 5 heteroatoms. The van der Waals surface area contributed by atoms with Gasteiger partial charge in [0.2, 0.25) is 5.76 Å². The Balaban J connectivity index is 2.21. The summed E-state index contributed by atoms with van der Waals surface area (Å²) < 4.78 is 9.82. The van der Waals surface area contributed by atoms with Gasteiger partial charge < -0.3 is 14.6 Å². The second-order valence-corrected chi connectivity index (χ2v) is 4.82. The molecule has 0 saturated heterocycles. The van der Waals surface area contributed by atoms with E-state index in [4.69, 9.17) is 4.74 Å². The monoisotopic (exact) mass is 302 g/mol. The molecular weight excluding hydrogens is 284 g/mol. The van der Waals surface area contributed by atoms with E-state index in [1.54, 1.807) is 26.2 Å². The van der Waals surface area contributed by atoms with Gasteiger partial charge in [-0.15, -0.1) is 0 Å². The number of esters is 1. The number of fused-ring (bicyclic) bond motifs is 1. The van der Waals surface area contributed by atoms with Crippen molar-refractivity contribution in [2.45, 2.75) is 19.8 Å². The molecule has 116 valence electrons. The van der Waals surface area contributed by atoms with Crippen molar-refractivity contribution in [3.05, 3.63) is 52.8 Å². The summed E-state index contributed by atoms with van der Waals surface area (Å²) >= 11 is 0. The van der Waals surface area contributed by atoms with E-state index in [1.165, 1.54) is 12.2 Å². The molecule has 0 unspecified atom stereocenters. The van der Waals surface area contributed by atoms with Crippen LogP contribution in [-0.2, 0) is 16.0 Å². The van der Waals surface area contributed by atoms with E-state index in [0.29, 0.717) is 24.0 Å². The summed E-state index contributed by atoms with van der Waals surface area (Å²) in [5.74, 6) is -0.689. The minimum atomic E-state index is -0.798. The zero-order valence-electron chi connectivity index (χ0n) is 12.6. The fourth-order valence-electron chi connectivity index (χ4n) is 2.29. The van der Waals surface area contributed by atoms with Crippen molar-refractivity contribution in [3.8, 4) is 5.75 Å². The van der Waals surface area contributed by atoms with Crippen LogP contribution in [0.25, 0.3) is 0 Å². The van der Waals surface area contributed by atoms with Crippen LogP contribution < -0.4 is 4.74 Å². The summed E-state index contributed by atoms with van der Waals surface area (Å²) in [6.07, 6.45) is 3.94. The van der Waals surface area contributed by atoms with Gasteiger partial charge in [0.05, 0.1) is 13.7 Å². The van der Waals surface area contributed by atoms with Crippen molar-refractivity contribution in [2.24, 2.45) is 0 Å². The molecule has 0 heterocycles. The third-order valence-corrected chi connectivity index (χ3v) is 3.44. The van der Waals surface area contributed by atoms with E-state index < -0.39 is 11.7 Å². The number of carbonyl (C=O) groups excluding carboxylic acids is 2. The van der Waals surface area contributed by atoms with E-state index in [9.17, 15) is 14.7 Å². The average Bonchev–Trinajstić information content (AvgIpc) is 2.53. The van der Waals surface area contributed by atoms with Gasteiger partial charge in [-0.1, -0.05) is 6.08 Å². The van der Waals surface area contributed by atoms with Crippen LogP contribution in [0.15, 0.2) is 41.7 Å². The van der Waals surface area contributed by atoms with Crippen molar-refractivity contribution in [1.29, 1.82) is 0 Å². The number of ether oxygens (including phenoxy) is 2. The van der Waals surface area contributed by atoms with Gasteiger partial charge >= 0.3 is 5.97 Å². The maximum Gasteiger partial charge on any atom is 0.373 e. The van der Waals surface area contributed by atoms with Crippen molar-refractivity contribution < 1.29 is 24.2 Å². The van der Waals surface area contributed by atoms with Gasteiger partial charge in [0, 0.05) is 11.1 Å². The lowest BCUT2D eigenvalue weighted by Crippen LogP contribution is -2.14. The number of methoxy groups -OCH3 is 1. The predicted octanol–water partition coefficient (Wildman–Crippen LogP) is 2.76. The van der Waals surface area contributed by atoms with Crippen molar-refractivity contribution in [1.82, 2.24) is 0 Å². The third kappa shape index (κ3) is 3.36. The molecule has 1 aromatic rings. The number of benzene rings is 1. The molecule has 0 saturated carbocycles. The molecule has 0 bridgehead atoms. The molecule has 22 heavy (non-hydrogen) atoms. The van der Waals surface area contributed by atoms with Crippen LogP contribution in [-0.4, -0.2) is 30.6 Å². The predicted molar refractivity (Wildman–Crippen MR) is 81.1 cm³/mol. The quantitative estimate of drug-likeness (QED) is 0.526. The highest BCUT2D eigenvalue weighted by Gasteiger charge is 2.22. The molecule has 0 aliphatic heterocycles. The van der Waals surface area contributed by atoms with Crippen LogP contribution in [0.4, 0.5) is 0 Å². The number of aliphatic hydroxyl groups is 1. The molecule has 0 amide bonds. The molecule has 1 N–H and O–H groups in total. The highest BCUT2D eigenvalue weighted by atomic mass is 16.5. The minimum Gasteiger partial charge on any atom is -0.502 e. The van der Waals surface area contributed by atoms with Gasteiger partial charge in [-0.25, -0.2) is 4.79 Å². The fourth-order valence-corrected chi connectivity index (χ4v) is 2.29. The Hall–Kier alpha value is -2.56. The highest BCUT2D eigenvalue weighted by Crippen LogP contribution is 2.28. The summed E-state index contributed by atoms with van der Waals surface area (Å²) in [6, 6.07) is 5.33. The van der Waals surface area contributed by atoms with Gasteiger partial charge in [0.1, 0.15) is 5.75 Å². The van der Waals surface area contributed by atoms with E-state index in [0.717, 1.165) is 11.3 Å². The van der Waals surface area contributed by atoms with Crippen molar-refractivity contribution in [2.75, 3.05) is 13.7 Å². The van der Waals surface area contributed by atoms with Crippen LogP contribution in [0.2, 0.25) is 0 Å². The van der Waals surface area contributed by atoms with Gasteiger partial charge in [-0.3, -0.25) is 4.79 Å². The second kappa shape index (κ2) is 6.93. The molecule has 0 fully saturated rings. The normalized spacial score (nSPS) is 16.4. The Kier molecular flexibility index (Phi) is 4.99. The SMILES string of the molecule is CCOC(=O)C(O)=CC=C1CCc2cc(OC)ccc2C1=O. The number of allylic oxidation sites excluding steroid dienone is 3. The first-order valence-electron chi connectivity index (χ1n) is 7.05. The largest absolute Gasteiger partial charge is 0.502 e. The summed E-state index contributed by atoms with van der Waals surface area (Å²) in [6.45, 7) is 1.83. The Morgan fingerprint density at radius 3 is 2.82 bits per heavy atom. The topological polar surface area (TPSA) is 72.8 Å². The second-order valence-electron chi connectivity index (χ2n) is 4.82. The molecular formula is C17H18O5. The Morgan fingerprint density at radius 1 is 1.36 bits per heavy atom. The first-order valence-corrected chi connectivity index (χ1v) is 7.05. The molecule has 1 aliphatic carbocycles. The molecule has 0 atom stereocenters. The van der Waals surface area contributed by atoms with Gasteiger partial charge in [-0.05, 0) is 49.6 Å². The average molecular weight is 302 g/mol. The zero-order valence-corrected chi connectivity index (χ0v) is 12.6. The van der Waals surface area contributed by atoms with Gasteiger partial charge in [0.25, 0.3) is 0 Å². The Morgan fingerprint density at radius 2 is 2.14 bits per heavy atom. The summed E-state index contributed by atoms with van der Waals surface area (Å²) in [7, 11) is 1.58. The number of hydrogen-bond donors (Lipinski definition) is 1. The lowest BCUT2D eigenvalue weighted by Gasteiger charge is -2.17. The number of aliphatic hydroxyl groups excluding tert-OH is 1. The van der Waals surface area contributed by atoms with Gasteiger partial charge in [0.15, 0.2) is 5.78 Å². The molecule has 2 rings (SSSR count). The lowest BCUT2D eigenvalue weighted by atomic mass is 9.86. The molecule has 5 nitrogen and oxygen atoms in total. The first-order chi connectivity index (χ1) is 10.6. The molecule has 1 aromatic carbocycles. The number of aryl methyl sites for hydroxylation is 1. The van der Waals surface area contributed by atoms with Crippen molar-refractivity contribution >= 4 is 11.8 Å². The molecule has 0 radical (unpaired) electrons. The maximum atomic E-state index is 12.4. The number of carbonyl (C=O) groups is 2. The van der Waals surface area contributed by atoms with E-state index in [2.05, 4.69) is 4.74 Å². The smallest absolute Gasteiger partial charge is 0.373 e. The van der Waals surface area contributed by atoms with E-state index >= 15 is 0 Å². The number of hydrogen-bond acceptors (Lipinski definition) is 5. The standard InChI is InChI=1S/C17H18O5/c1-3-22-17(20)15(18)9-6-11-4-5-12-10-13(21-2)7-8-14(12)16(11)19/h6-10,18H,3-5H2,1-2H3. The molecule has 0 spiro atoms. The lowest BCUT2D eigenvalue weighted by molar-refractivity contribution is -0.141. The zero-order chi connectivity index (χ0) is 16.1. The van der Waals surface area contributed by atoms with Crippen molar-refractivity contribution in [3.63, 3.8) is 0 Å². The number of rotatable bonds is 4. The third-order valence-electron chi connectivity index (χ3n) is 3.44. The van der Waals surface area contributed by atoms with Crippen LogP contribution in [0.5, 0.6) is 5.75 Å². The minimum absolute atomic E-state index is 0.100. The van der Waals surface area contributed by atoms with Crippen LogP contribution in [0.1, 0.15) is 29.3 Å². The summed E-state index contributed by atoms with van der Waals surface area (Å²) in [5, 5.41) is 9.54. The van der Waals surface area contributed by atoms with Crippen LogP contribution >= 0.6 is 0 Å². The van der Waals surface area contributed by atoms with E-state index in [1.807, 2.05) is 6.07 Å². The molecule has 1 aliphatic rings. The Labute approximate surface area is 128 Å². The van der Waals surface area contributed by atoms with Gasteiger partial charge in [-0.2, -0.15) is 0 Å². The van der Waals surface area contributed by atoms with Crippen LogP contribution in [0, 0.1) is 0 Å². The fraction of sp³-hybridized carbons (Fsp3) is 0.294. The summed E-state index contributed by atoms with van der Waals surface area (Å²) in [4.78, 5) is 23.7. The number of Topliss-reactive ketones (excluding diaryl/α,β-unsaturated/α-hetero) is 1. The van der Waals surface area contributed by atoms with Crippen LogP contribution in [0.3, 0.4) is 0 Å².